The molecule has 6 nitrogen and oxygen atoms in total. The molecule has 4 N–H and O–H groups in total. The van der Waals surface area contributed by atoms with Crippen LogP contribution in [-0.4, -0.2) is 8.42 Å². The molecule has 0 fully saturated rings. The molecule has 20 heavy (non-hydrogen) atoms. The largest absolute Gasteiger partial charge is 0.457 e. The highest BCUT2D eigenvalue weighted by molar-refractivity contribution is 7.89. The van der Waals surface area contributed by atoms with Gasteiger partial charge in [-0.3, -0.25) is 0 Å². The summed E-state index contributed by atoms with van der Waals surface area (Å²) in [7, 11) is -3.85. The normalized spacial score (nSPS) is 10.8. The quantitative estimate of drug-likeness (QED) is 0.831. The lowest BCUT2D eigenvalue weighted by Crippen LogP contribution is -2.14. The van der Waals surface area contributed by atoms with Crippen molar-refractivity contribution in [2.24, 2.45) is 5.14 Å². The maximum absolute atomic E-state index is 11.2. The minimum Gasteiger partial charge on any atom is -0.457 e. The number of anilines is 1. The molecule has 2 aromatic rings. The number of nitrogen functional groups attached to an aromatic ring is 1. The zero-order valence-corrected chi connectivity index (χ0v) is 11.1. The number of nitrogens with zero attached hydrogens (tertiary/aromatic N) is 1. The summed E-state index contributed by atoms with van der Waals surface area (Å²) in [6, 6.07) is 12.6. The van der Waals surface area contributed by atoms with Crippen molar-refractivity contribution in [2.45, 2.75) is 4.90 Å². The smallest absolute Gasteiger partial charge is 0.240 e. The average molecular weight is 289 g/mol. The molecule has 0 amide bonds. The van der Waals surface area contributed by atoms with E-state index in [0.717, 1.165) is 0 Å². The second-order valence-electron chi connectivity index (χ2n) is 3.98. The molecule has 0 unspecified atom stereocenters. The van der Waals surface area contributed by atoms with Crippen molar-refractivity contribution in [1.29, 1.82) is 5.26 Å². The Hall–Kier alpha value is -2.56. The van der Waals surface area contributed by atoms with Gasteiger partial charge in [0, 0.05) is 6.07 Å². The Labute approximate surface area is 116 Å². The SMILES string of the molecule is N#Cc1ccc(Oc2ccc(S(N)(=O)=O)c(N)c2)cc1. The summed E-state index contributed by atoms with van der Waals surface area (Å²) in [5.41, 5.74) is 6.15. The number of hydrogen-bond acceptors (Lipinski definition) is 5. The Bertz CT molecular complexity index is 777. The van der Waals surface area contributed by atoms with E-state index in [1.807, 2.05) is 6.07 Å². The van der Waals surface area contributed by atoms with Crippen LogP contribution in [0.5, 0.6) is 11.5 Å². The molecule has 0 saturated carbocycles. The van der Waals surface area contributed by atoms with E-state index in [-0.39, 0.29) is 10.6 Å². The first-order chi connectivity index (χ1) is 9.40. The van der Waals surface area contributed by atoms with Crippen LogP contribution in [0.1, 0.15) is 5.56 Å². The second kappa shape index (κ2) is 5.21. The van der Waals surface area contributed by atoms with Crippen molar-refractivity contribution in [3.63, 3.8) is 0 Å². The van der Waals surface area contributed by atoms with Gasteiger partial charge in [0.1, 0.15) is 16.4 Å². The zero-order valence-electron chi connectivity index (χ0n) is 10.3. The second-order valence-corrected chi connectivity index (χ2v) is 5.51. The van der Waals surface area contributed by atoms with Gasteiger partial charge < -0.3 is 10.5 Å². The number of hydrogen-bond donors (Lipinski definition) is 2. The lowest BCUT2D eigenvalue weighted by molar-refractivity contribution is 0.482. The van der Waals surface area contributed by atoms with Crippen molar-refractivity contribution in [3.8, 4) is 17.6 Å². The number of nitrogens with two attached hydrogens (primary N) is 2. The highest BCUT2D eigenvalue weighted by Gasteiger charge is 2.12. The monoisotopic (exact) mass is 289 g/mol. The van der Waals surface area contributed by atoms with Crippen molar-refractivity contribution in [3.05, 3.63) is 48.0 Å². The summed E-state index contributed by atoms with van der Waals surface area (Å²) in [5.74, 6) is 0.881. The molecular weight excluding hydrogens is 278 g/mol. The fraction of sp³-hybridized carbons (Fsp3) is 0. The van der Waals surface area contributed by atoms with Gasteiger partial charge in [0.25, 0.3) is 0 Å². The van der Waals surface area contributed by atoms with E-state index in [2.05, 4.69) is 0 Å². The van der Waals surface area contributed by atoms with E-state index >= 15 is 0 Å². The Morgan fingerprint density at radius 3 is 2.15 bits per heavy atom. The molecule has 7 heteroatoms. The van der Waals surface area contributed by atoms with Crippen LogP contribution in [-0.2, 0) is 10.0 Å². The van der Waals surface area contributed by atoms with E-state index < -0.39 is 10.0 Å². The van der Waals surface area contributed by atoms with Crippen LogP contribution in [0.15, 0.2) is 47.4 Å². The maximum Gasteiger partial charge on any atom is 0.240 e. The lowest BCUT2D eigenvalue weighted by atomic mass is 10.2. The molecule has 2 rings (SSSR count). The van der Waals surface area contributed by atoms with Gasteiger partial charge in [-0.1, -0.05) is 0 Å². The Balaban J connectivity index is 2.26. The minimum absolute atomic E-state index is 0.0126. The summed E-state index contributed by atoms with van der Waals surface area (Å²) < 4.78 is 27.9. The van der Waals surface area contributed by atoms with E-state index in [4.69, 9.17) is 20.9 Å². The first-order valence-corrected chi connectivity index (χ1v) is 7.05. The molecule has 0 bridgehead atoms. The third-order valence-electron chi connectivity index (χ3n) is 2.51. The molecule has 102 valence electrons. The van der Waals surface area contributed by atoms with Crippen LogP contribution in [0.3, 0.4) is 0 Å². The topological polar surface area (TPSA) is 119 Å². The van der Waals surface area contributed by atoms with Gasteiger partial charge in [-0.25, -0.2) is 13.6 Å². The number of primary sulfonamides is 1. The predicted molar refractivity (Wildman–Crippen MR) is 73.5 cm³/mol. The molecule has 0 aliphatic heterocycles. The standard InChI is InChI=1S/C13H11N3O3S/c14-8-9-1-3-10(4-2-9)19-11-5-6-13(12(15)7-11)20(16,17)18/h1-7H,15H2,(H2,16,17,18). The summed E-state index contributed by atoms with van der Waals surface area (Å²) in [4.78, 5) is -0.148. The molecule has 0 aliphatic carbocycles. The Morgan fingerprint density at radius 2 is 1.65 bits per heavy atom. The van der Waals surface area contributed by atoms with E-state index in [1.165, 1.54) is 18.2 Å². The van der Waals surface area contributed by atoms with Gasteiger partial charge >= 0.3 is 0 Å². The molecule has 0 heterocycles. The number of nitriles is 1. The molecular formula is C13H11N3O3S. The van der Waals surface area contributed by atoms with Crippen LogP contribution >= 0.6 is 0 Å². The Kier molecular flexibility index (Phi) is 3.61. The number of sulfonamides is 1. The van der Waals surface area contributed by atoms with Gasteiger partial charge in [0.05, 0.1) is 17.3 Å². The first kappa shape index (κ1) is 13.9. The summed E-state index contributed by atoms with van der Waals surface area (Å²) in [6.45, 7) is 0. The van der Waals surface area contributed by atoms with Gasteiger partial charge in [0.15, 0.2) is 0 Å². The molecule has 2 aromatic carbocycles. The highest BCUT2D eigenvalue weighted by Crippen LogP contribution is 2.27. The van der Waals surface area contributed by atoms with E-state index in [9.17, 15) is 8.42 Å². The van der Waals surface area contributed by atoms with Crippen LogP contribution in [0.25, 0.3) is 0 Å². The van der Waals surface area contributed by atoms with Crippen LogP contribution < -0.4 is 15.6 Å². The summed E-state index contributed by atoms with van der Waals surface area (Å²) in [6.07, 6.45) is 0. The van der Waals surface area contributed by atoms with Gasteiger partial charge in [-0.05, 0) is 36.4 Å². The summed E-state index contributed by atoms with van der Waals surface area (Å²) >= 11 is 0. The highest BCUT2D eigenvalue weighted by atomic mass is 32.2. The van der Waals surface area contributed by atoms with E-state index in [0.29, 0.717) is 17.1 Å². The Morgan fingerprint density at radius 1 is 1.05 bits per heavy atom. The van der Waals surface area contributed by atoms with Crippen LogP contribution in [0.2, 0.25) is 0 Å². The molecule has 0 aliphatic rings. The molecule has 0 aromatic heterocycles. The predicted octanol–water partition coefficient (Wildman–Crippen LogP) is 1.58. The number of ether oxygens (including phenoxy) is 1. The van der Waals surface area contributed by atoms with Crippen molar-refractivity contribution in [1.82, 2.24) is 0 Å². The summed E-state index contributed by atoms with van der Waals surface area (Å²) in [5, 5.41) is 13.7. The number of rotatable bonds is 3. The maximum atomic E-state index is 11.2. The third kappa shape index (κ3) is 3.06. The fourth-order valence-corrected chi connectivity index (χ4v) is 2.23. The van der Waals surface area contributed by atoms with Crippen molar-refractivity contribution in [2.75, 3.05) is 5.73 Å². The van der Waals surface area contributed by atoms with Gasteiger partial charge in [-0.15, -0.1) is 0 Å². The van der Waals surface area contributed by atoms with E-state index in [1.54, 1.807) is 24.3 Å². The minimum atomic E-state index is -3.85. The lowest BCUT2D eigenvalue weighted by Gasteiger charge is -2.08. The van der Waals surface area contributed by atoms with Crippen molar-refractivity contribution < 1.29 is 13.2 Å². The molecule has 0 spiro atoms. The molecule has 0 atom stereocenters. The third-order valence-corrected chi connectivity index (χ3v) is 3.49. The van der Waals surface area contributed by atoms with Crippen LogP contribution in [0, 0.1) is 11.3 Å². The fourth-order valence-electron chi connectivity index (χ4n) is 1.58. The van der Waals surface area contributed by atoms with Crippen molar-refractivity contribution >= 4 is 15.7 Å². The molecule has 0 saturated heterocycles. The van der Waals surface area contributed by atoms with Gasteiger partial charge in [0.2, 0.25) is 10.0 Å². The first-order valence-electron chi connectivity index (χ1n) is 5.50. The molecule has 0 radical (unpaired) electrons. The average Bonchev–Trinajstić information content (AvgIpc) is 2.38. The van der Waals surface area contributed by atoms with Crippen LogP contribution in [0.4, 0.5) is 5.69 Å². The van der Waals surface area contributed by atoms with Gasteiger partial charge in [-0.2, -0.15) is 5.26 Å². The number of benzene rings is 2. The zero-order chi connectivity index (χ0) is 14.8.